The molecule has 2 N–H and O–H groups in total. The summed E-state index contributed by atoms with van der Waals surface area (Å²) in [5.74, 6) is -1.17. The van der Waals surface area contributed by atoms with Crippen LogP contribution in [0, 0.1) is 0 Å². The van der Waals surface area contributed by atoms with E-state index in [2.05, 4.69) is 9.88 Å². The molecule has 2 amide bonds. The molecule has 11 nitrogen and oxygen atoms in total. The van der Waals surface area contributed by atoms with Crippen LogP contribution in [0.2, 0.25) is 0 Å². The summed E-state index contributed by atoms with van der Waals surface area (Å²) < 4.78 is 45.0. The predicted molar refractivity (Wildman–Crippen MR) is 150 cm³/mol. The Bertz CT molecular complexity index is 1550. The number of carbonyl (C=O) groups excluding carboxylic acids is 1. The fraction of sp³-hybridized carbons (Fsp3) is 0.448. The molecule has 6 rings (SSSR count). The third kappa shape index (κ3) is 5.77. The highest BCUT2D eigenvalue weighted by Crippen LogP contribution is 2.36. The first-order valence-electron chi connectivity index (χ1n) is 14.2. The molecule has 43 heavy (non-hydrogen) atoms. The molecule has 2 aromatic carbocycles. The van der Waals surface area contributed by atoms with Crippen LogP contribution in [-0.4, -0.2) is 100 Å². The lowest BCUT2D eigenvalue weighted by Gasteiger charge is -2.38. The van der Waals surface area contributed by atoms with E-state index in [1.54, 1.807) is 12.1 Å². The second kappa shape index (κ2) is 11.3. The minimum atomic E-state index is -4.93. The maximum atomic E-state index is 13.0. The molecule has 228 valence electrons. The Hall–Kier alpha value is -4.49. The molecule has 4 heterocycles. The molecule has 1 aromatic heterocycles. The van der Waals surface area contributed by atoms with Gasteiger partial charge in [0, 0.05) is 62.0 Å². The number of phenolic OH excluding ortho intramolecular Hbond substituents is 1. The highest BCUT2D eigenvalue weighted by Gasteiger charge is 2.43. The average Bonchev–Trinajstić information content (AvgIpc) is 3.47. The van der Waals surface area contributed by atoms with Crippen LogP contribution >= 0.6 is 0 Å². The van der Waals surface area contributed by atoms with E-state index in [1.165, 1.54) is 4.90 Å². The number of amides is 2. The van der Waals surface area contributed by atoms with Crippen molar-refractivity contribution in [2.24, 2.45) is 0 Å². The SMILES string of the molecule is O=C(O)N1CCC[C@H]1COc1nc2c(c(N3CCN(C(=O)C(F)(F)F)CC3)n1)CCN(c1cc(O)cc3ccccc13)C2. The van der Waals surface area contributed by atoms with Gasteiger partial charge in [-0.25, -0.2) is 4.79 Å². The molecule has 0 saturated carbocycles. The molecule has 2 saturated heterocycles. The molecular weight excluding hydrogens is 569 g/mol. The first kappa shape index (κ1) is 28.6. The predicted octanol–water partition coefficient (Wildman–Crippen LogP) is 3.63. The molecule has 1 atom stereocenters. The molecule has 3 aliphatic rings. The molecule has 0 spiro atoms. The maximum absolute atomic E-state index is 13.0. The first-order chi connectivity index (χ1) is 20.6. The second-order valence-electron chi connectivity index (χ2n) is 11.0. The highest BCUT2D eigenvalue weighted by molar-refractivity contribution is 5.95. The number of hydrogen-bond acceptors (Lipinski definition) is 8. The van der Waals surface area contributed by atoms with E-state index in [-0.39, 0.29) is 50.6 Å². The number of hydrogen-bond donors (Lipinski definition) is 2. The highest BCUT2D eigenvalue weighted by atomic mass is 19.4. The number of carboxylic acid groups (broad SMARTS) is 1. The van der Waals surface area contributed by atoms with E-state index in [9.17, 15) is 33.0 Å². The van der Waals surface area contributed by atoms with E-state index in [1.807, 2.05) is 29.2 Å². The van der Waals surface area contributed by atoms with Crippen LogP contribution in [0.1, 0.15) is 24.1 Å². The van der Waals surface area contributed by atoms with Gasteiger partial charge in [0.25, 0.3) is 0 Å². The zero-order chi connectivity index (χ0) is 30.3. The topological polar surface area (TPSA) is 123 Å². The summed E-state index contributed by atoms with van der Waals surface area (Å²) in [5, 5.41) is 21.8. The average molecular weight is 601 g/mol. The Morgan fingerprint density at radius 1 is 1.00 bits per heavy atom. The normalized spacial score (nSPS) is 19.1. The lowest BCUT2D eigenvalue weighted by atomic mass is 10.0. The van der Waals surface area contributed by atoms with Gasteiger partial charge in [-0.05, 0) is 30.7 Å². The Morgan fingerprint density at radius 2 is 1.77 bits per heavy atom. The molecule has 14 heteroatoms. The second-order valence-corrected chi connectivity index (χ2v) is 11.0. The fourth-order valence-electron chi connectivity index (χ4n) is 6.19. The molecule has 3 aliphatic heterocycles. The van der Waals surface area contributed by atoms with Crippen LogP contribution in [-0.2, 0) is 17.8 Å². The van der Waals surface area contributed by atoms with E-state index < -0.39 is 18.2 Å². The van der Waals surface area contributed by atoms with Gasteiger partial charge in [0.05, 0.1) is 18.3 Å². The van der Waals surface area contributed by atoms with Gasteiger partial charge < -0.3 is 34.5 Å². The van der Waals surface area contributed by atoms with Crippen LogP contribution in [0.25, 0.3) is 10.8 Å². The van der Waals surface area contributed by atoms with Gasteiger partial charge in [-0.15, -0.1) is 0 Å². The molecule has 0 bridgehead atoms. The lowest BCUT2D eigenvalue weighted by molar-refractivity contribution is -0.185. The van der Waals surface area contributed by atoms with Gasteiger partial charge >= 0.3 is 24.2 Å². The molecule has 3 aromatic rings. The number of rotatable bonds is 5. The third-order valence-electron chi connectivity index (χ3n) is 8.32. The number of likely N-dealkylation sites (tertiary alicyclic amines) is 1. The number of benzene rings is 2. The zero-order valence-electron chi connectivity index (χ0n) is 23.3. The summed E-state index contributed by atoms with van der Waals surface area (Å²) in [5.41, 5.74) is 2.36. The third-order valence-corrected chi connectivity index (χ3v) is 8.32. The number of anilines is 2. The van der Waals surface area contributed by atoms with Crippen molar-refractivity contribution in [2.45, 2.75) is 38.0 Å². The molecule has 2 fully saturated rings. The van der Waals surface area contributed by atoms with Crippen molar-refractivity contribution in [3.63, 3.8) is 0 Å². The molecule has 0 aliphatic carbocycles. The smallest absolute Gasteiger partial charge is 0.471 e. The first-order valence-corrected chi connectivity index (χ1v) is 14.2. The molecular formula is C29H31F3N6O5. The Kier molecular flexibility index (Phi) is 7.52. The van der Waals surface area contributed by atoms with E-state index >= 15 is 0 Å². The van der Waals surface area contributed by atoms with Gasteiger partial charge in [0.2, 0.25) is 0 Å². The van der Waals surface area contributed by atoms with E-state index in [0.29, 0.717) is 44.0 Å². The summed E-state index contributed by atoms with van der Waals surface area (Å²) in [7, 11) is 0. The molecule has 0 radical (unpaired) electrons. The maximum Gasteiger partial charge on any atom is 0.471 e. The number of alkyl halides is 3. The Balaban J connectivity index is 1.30. The van der Waals surface area contributed by atoms with Crippen LogP contribution < -0.4 is 14.5 Å². The van der Waals surface area contributed by atoms with Crippen molar-refractivity contribution in [3.8, 4) is 11.8 Å². The van der Waals surface area contributed by atoms with Crippen LogP contribution in [0.15, 0.2) is 36.4 Å². The van der Waals surface area contributed by atoms with Crippen molar-refractivity contribution in [1.29, 1.82) is 0 Å². The number of halogens is 3. The van der Waals surface area contributed by atoms with Crippen molar-refractivity contribution in [1.82, 2.24) is 19.8 Å². The number of aromatic hydroxyl groups is 1. The Morgan fingerprint density at radius 3 is 2.51 bits per heavy atom. The standard InChI is InChI=1S/C29H31F3N6O5/c30-29(31,32)26(40)36-12-10-35(11-13-36)25-22-7-9-37(24-15-20(39)14-18-4-1-2-6-21(18)24)16-23(22)33-27(34-25)43-17-19-5-3-8-38(19)28(41)42/h1-2,4,6,14-15,19,39H,3,5,7-13,16-17H2,(H,41,42)/t19-/m0/s1. The van der Waals surface area contributed by atoms with E-state index in [4.69, 9.17) is 9.72 Å². The summed E-state index contributed by atoms with van der Waals surface area (Å²) in [6.45, 7) is 1.54. The summed E-state index contributed by atoms with van der Waals surface area (Å²) in [6, 6.07) is 10.9. The molecule has 0 unspecified atom stereocenters. The zero-order valence-corrected chi connectivity index (χ0v) is 23.3. The number of ether oxygens (including phenoxy) is 1. The number of fused-ring (bicyclic) bond motifs is 2. The monoisotopic (exact) mass is 600 g/mol. The Labute approximate surface area is 245 Å². The van der Waals surface area contributed by atoms with Gasteiger partial charge in [0.1, 0.15) is 18.2 Å². The van der Waals surface area contributed by atoms with E-state index in [0.717, 1.165) is 33.3 Å². The minimum absolute atomic E-state index is 0.0578. The lowest BCUT2D eigenvalue weighted by Crippen LogP contribution is -2.53. The van der Waals surface area contributed by atoms with Crippen molar-refractivity contribution in [3.05, 3.63) is 47.7 Å². The van der Waals surface area contributed by atoms with Crippen LogP contribution in [0.5, 0.6) is 11.8 Å². The largest absolute Gasteiger partial charge is 0.508 e. The van der Waals surface area contributed by atoms with Crippen LogP contribution in [0.3, 0.4) is 0 Å². The number of piperazine rings is 1. The number of carbonyl (C=O) groups is 2. The van der Waals surface area contributed by atoms with Gasteiger partial charge in [-0.1, -0.05) is 24.3 Å². The number of aromatic nitrogens is 2. The van der Waals surface area contributed by atoms with Gasteiger partial charge in [0.15, 0.2) is 0 Å². The summed E-state index contributed by atoms with van der Waals surface area (Å²) in [4.78, 5) is 38.9. The minimum Gasteiger partial charge on any atom is -0.508 e. The van der Waals surface area contributed by atoms with Crippen LogP contribution in [0.4, 0.5) is 29.5 Å². The van der Waals surface area contributed by atoms with Crippen molar-refractivity contribution < 1.29 is 37.7 Å². The van der Waals surface area contributed by atoms with Gasteiger partial charge in [-0.3, -0.25) is 4.79 Å². The van der Waals surface area contributed by atoms with Gasteiger partial charge in [-0.2, -0.15) is 23.1 Å². The number of nitrogens with zero attached hydrogens (tertiary/aromatic N) is 6. The fourth-order valence-corrected chi connectivity index (χ4v) is 6.19. The van der Waals surface area contributed by atoms with Crippen molar-refractivity contribution in [2.75, 3.05) is 55.7 Å². The summed E-state index contributed by atoms with van der Waals surface area (Å²) >= 11 is 0. The van der Waals surface area contributed by atoms with Crippen molar-refractivity contribution >= 4 is 34.3 Å². The number of phenols is 1. The quantitative estimate of drug-likeness (QED) is 0.452. The summed E-state index contributed by atoms with van der Waals surface area (Å²) in [6.07, 6.45) is -4.03.